The van der Waals surface area contributed by atoms with Crippen molar-refractivity contribution in [3.63, 3.8) is 0 Å². The third-order valence-corrected chi connectivity index (χ3v) is 7.10. The van der Waals surface area contributed by atoms with Crippen molar-refractivity contribution in [2.24, 2.45) is 0 Å². The Hall–Kier alpha value is -1.40. The van der Waals surface area contributed by atoms with Crippen LogP contribution in [-0.2, 0) is 21.2 Å². The number of carbonyl (C=O) groups is 1. The summed E-state index contributed by atoms with van der Waals surface area (Å²) in [5.41, 5.74) is 0.546. The van der Waals surface area contributed by atoms with Crippen LogP contribution in [0.3, 0.4) is 0 Å². The first-order valence-electron chi connectivity index (χ1n) is 7.75. The summed E-state index contributed by atoms with van der Waals surface area (Å²) < 4.78 is 27.5. The van der Waals surface area contributed by atoms with Gasteiger partial charge in [0.1, 0.15) is 0 Å². The number of rotatable bonds is 3. The van der Waals surface area contributed by atoms with E-state index in [0.717, 1.165) is 18.4 Å². The molecule has 5 nitrogen and oxygen atoms in total. The maximum Gasteiger partial charge on any atom is 0.243 e. The van der Waals surface area contributed by atoms with Crippen LogP contribution in [0.5, 0.6) is 0 Å². The van der Waals surface area contributed by atoms with Crippen molar-refractivity contribution < 1.29 is 13.2 Å². The largest absolute Gasteiger partial charge is 0.339 e. The molecule has 0 saturated carbocycles. The number of carbonyl (C=O) groups excluding carboxylic acids is 1. The molecule has 3 rings (SSSR count). The molecule has 1 amide bonds. The summed E-state index contributed by atoms with van der Waals surface area (Å²) in [4.78, 5) is 14.0. The van der Waals surface area contributed by atoms with E-state index in [-0.39, 0.29) is 11.4 Å². The van der Waals surface area contributed by atoms with Crippen molar-refractivity contribution in [3.05, 3.63) is 29.8 Å². The highest BCUT2D eigenvalue weighted by Gasteiger charge is 2.50. The van der Waals surface area contributed by atoms with Crippen molar-refractivity contribution in [3.8, 4) is 0 Å². The first-order chi connectivity index (χ1) is 10.4. The van der Waals surface area contributed by atoms with E-state index in [1.54, 1.807) is 28.4 Å². The second-order valence-corrected chi connectivity index (χ2v) is 8.13. The van der Waals surface area contributed by atoms with Gasteiger partial charge in [-0.25, -0.2) is 8.42 Å². The zero-order valence-electron chi connectivity index (χ0n) is 13.1. The fraction of sp³-hybridized carbons (Fsp3) is 0.562. The Morgan fingerprint density at radius 1 is 1.23 bits per heavy atom. The molecule has 0 bridgehead atoms. The zero-order chi connectivity index (χ0) is 16.0. The van der Waals surface area contributed by atoms with Gasteiger partial charge in [-0.2, -0.15) is 4.31 Å². The van der Waals surface area contributed by atoms with Crippen molar-refractivity contribution in [2.75, 3.05) is 20.1 Å². The van der Waals surface area contributed by atoms with Gasteiger partial charge < -0.3 is 4.90 Å². The van der Waals surface area contributed by atoms with Crippen molar-refractivity contribution >= 4 is 15.9 Å². The quantitative estimate of drug-likeness (QED) is 0.850. The molecule has 2 aliphatic rings. The van der Waals surface area contributed by atoms with Crippen LogP contribution in [0, 0.1) is 0 Å². The van der Waals surface area contributed by atoms with E-state index in [4.69, 9.17) is 0 Å². The molecule has 120 valence electrons. The van der Waals surface area contributed by atoms with Crippen LogP contribution in [0.4, 0.5) is 0 Å². The molecular weight excluding hydrogens is 300 g/mol. The molecule has 2 aliphatic heterocycles. The highest BCUT2D eigenvalue weighted by molar-refractivity contribution is 7.89. The van der Waals surface area contributed by atoms with Gasteiger partial charge >= 0.3 is 0 Å². The summed E-state index contributed by atoms with van der Waals surface area (Å²) in [6.07, 6.45) is 2.69. The number of nitrogens with zero attached hydrogens (tertiary/aromatic N) is 2. The predicted molar refractivity (Wildman–Crippen MR) is 83.9 cm³/mol. The monoisotopic (exact) mass is 322 g/mol. The molecule has 0 radical (unpaired) electrons. The first-order valence-corrected chi connectivity index (χ1v) is 9.19. The minimum atomic E-state index is -3.49. The van der Waals surface area contributed by atoms with E-state index in [2.05, 4.69) is 0 Å². The molecule has 2 saturated heterocycles. The fourth-order valence-corrected chi connectivity index (χ4v) is 5.44. The van der Waals surface area contributed by atoms with Gasteiger partial charge in [-0.15, -0.1) is 0 Å². The van der Waals surface area contributed by atoms with Gasteiger partial charge in [0.15, 0.2) is 0 Å². The van der Waals surface area contributed by atoms with Gasteiger partial charge in [0.05, 0.1) is 10.4 Å². The topological polar surface area (TPSA) is 57.7 Å². The molecule has 1 spiro atoms. The molecule has 6 heteroatoms. The number of benzene rings is 1. The Balaban J connectivity index is 1.91. The minimum absolute atomic E-state index is 0.119. The first kappa shape index (κ1) is 15.5. The Labute approximate surface area is 132 Å². The summed E-state index contributed by atoms with van der Waals surface area (Å²) in [6, 6.07) is 7.18. The molecule has 2 fully saturated rings. The SMILES string of the molecule is CCc1ccccc1S(=O)(=O)N1CCC2(CCC(=O)N2C)C1. The van der Waals surface area contributed by atoms with Crippen LogP contribution < -0.4 is 0 Å². The van der Waals surface area contributed by atoms with Crippen molar-refractivity contribution in [1.82, 2.24) is 9.21 Å². The van der Waals surface area contributed by atoms with Crippen LogP contribution in [0.2, 0.25) is 0 Å². The summed E-state index contributed by atoms with van der Waals surface area (Å²) in [5, 5.41) is 0. The number of hydrogen-bond donors (Lipinski definition) is 0. The highest BCUT2D eigenvalue weighted by atomic mass is 32.2. The van der Waals surface area contributed by atoms with Gasteiger partial charge in [-0.1, -0.05) is 25.1 Å². The van der Waals surface area contributed by atoms with Crippen LogP contribution >= 0.6 is 0 Å². The standard InChI is InChI=1S/C16H22N2O3S/c1-3-13-6-4-5-7-14(13)22(20,21)18-11-10-16(12-18)9-8-15(19)17(16)2/h4-7H,3,8-12H2,1-2H3. The molecule has 0 N–H and O–H groups in total. The lowest BCUT2D eigenvalue weighted by molar-refractivity contribution is -0.129. The lowest BCUT2D eigenvalue weighted by Gasteiger charge is -2.32. The lowest BCUT2D eigenvalue weighted by atomic mass is 9.96. The molecule has 0 aliphatic carbocycles. The highest BCUT2D eigenvalue weighted by Crippen LogP contribution is 2.39. The molecular formula is C16H22N2O3S. The van der Waals surface area contributed by atoms with Gasteiger partial charge in [0.25, 0.3) is 0 Å². The summed E-state index contributed by atoms with van der Waals surface area (Å²) in [5.74, 6) is 0.119. The molecule has 1 aromatic rings. The average Bonchev–Trinajstić information content (AvgIpc) is 3.08. The van der Waals surface area contributed by atoms with Crippen LogP contribution in [-0.4, -0.2) is 49.2 Å². The third-order valence-electron chi connectivity index (χ3n) is 5.16. The number of sulfonamides is 1. The number of amides is 1. The van der Waals surface area contributed by atoms with Crippen LogP contribution in [0.1, 0.15) is 31.7 Å². The van der Waals surface area contributed by atoms with E-state index in [1.165, 1.54) is 0 Å². The molecule has 0 aromatic heterocycles. The maximum atomic E-state index is 13.0. The molecule has 2 heterocycles. The summed E-state index contributed by atoms with van der Waals surface area (Å²) in [6.45, 7) is 2.86. The van der Waals surface area contributed by atoms with Gasteiger partial charge in [-0.3, -0.25) is 4.79 Å². The Kier molecular flexibility index (Phi) is 3.77. The van der Waals surface area contributed by atoms with E-state index in [9.17, 15) is 13.2 Å². The number of likely N-dealkylation sites (N-methyl/N-ethyl adjacent to an activating group) is 1. The fourth-order valence-electron chi connectivity index (χ4n) is 3.63. The molecule has 1 atom stereocenters. The summed E-state index contributed by atoms with van der Waals surface area (Å²) in [7, 11) is -1.69. The maximum absolute atomic E-state index is 13.0. The van der Waals surface area contributed by atoms with Gasteiger partial charge in [0.2, 0.25) is 15.9 Å². The lowest BCUT2D eigenvalue weighted by Crippen LogP contribution is -2.46. The smallest absolute Gasteiger partial charge is 0.243 e. The second kappa shape index (κ2) is 5.35. The normalized spacial score (nSPS) is 26.3. The number of aryl methyl sites for hydroxylation is 1. The van der Waals surface area contributed by atoms with Crippen molar-refractivity contribution in [1.29, 1.82) is 0 Å². The molecule has 22 heavy (non-hydrogen) atoms. The van der Waals surface area contributed by atoms with E-state index in [1.807, 2.05) is 19.1 Å². The van der Waals surface area contributed by atoms with Crippen LogP contribution in [0.15, 0.2) is 29.2 Å². The molecule has 1 unspecified atom stereocenters. The Bertz CT molecular complexity index is 701. The summed E-state index contributed by atoms with van der Waals surface area (Å²) >= 11 is 0. The van der Waals surface area contributed by atoms with Crippen LogP contribution in [0.25, 0.3) is 0 Å². The third kappa shape index (κ3) is 2.25. The number of hydrogen-bond acceptors (Lipinski definition) is 3. The predicted octanol–water partition coefficient (Wildman–Crippen LogP) is 1.63. The van der Waals surface area contributed by atoms with Gasteiger partial charge in [0, 0.05) is 26.6 Å². The van der Waals surface area contributed by atoms with Crippen molar-refractivity contribution in [2.45, 2.75) is 43.0 Å². The molecule has 1 aromatic carbocycles. The minimum Gasteiger partial charge on any atom is -0.339 e. The number of likely N-dealkylation sites (tertiary alicyclic amines) is 1. The van der Waals surface area contributed by atoms with E-state index in [0.29, 0.717) is 30.8 Å². The Morgan fingerprint density at radius 3 is 2.59 bits per heavy atom. The second-order valence-electron chi connectivity index (χ2n) is 6.23. The Morgan fingerprint density at radius 2 is 1.95 bits per heavy atom. The van der Waals surface area contributed by atoms with Gasteiger partial charge in [-0.05, 0) is 30.9 Å². The zero-order valence-corrected chi connectivity index (χ0v) is 13.9. The van der Waals surface area contributed by atoms with E-state index < -0.39 is 10.0 Å². The average molecular weight is 322 g/mol. The van der Waals surface area contributed by atoms with E-state index >= 15 is 0 Å².